The summed E-state index contributed by atoms with van der Waals surface area (Å²) in [6.45, 7) is 5.18. The van der Waals surface area contributed by atoms with Gasteiger partial charge in [-0.3, -0.25) is 0 Å². The van der Waals surface area contributed by atoms with Crippen LogP contribution in [0.3, 0.4) is 0 Å². The molecule has 86 valence electrons. The fraction of sp³-hybridized carbons (Fsp3) is 0.385. The van der Waals surface area contributed by atoms with E-state index in [2.05, 4.69) is 42.9 Å². The zero-order valence-electron chi connectivity index (χ0n) is 10.3. The SMILES string of the molecule is CCNc1c(C)c2cc(OC)ccc2n1C. The van der Waals surface area contributed by atoms with Crippen molar-refractivity contribution in [3.05, 3.63) is 23.8 Å². The smallest absolute Gasteiger partial charge is 0.119 e. The molecule has 0 atom stereocenters. The number of nitrogens with zero attached hydrogens (tertiary/aromatic N) is 1. The lowest BCUT2D eigenvalue weighted by Gasteiger charge is -2.06. The maximum atomic E-state index is 5.26. The molecule has 0 bridgehead atoms. The Balaban J connectivity index is 2.67. The van der Waals surface area contributed by atoms with Crippen LogP contribution >= 0.6 is 0 Å². The van der Waals surface area contributed by atoms with Crippen LogP contribution in [-0.2, 0) is 7.05 Å². The second kappa shape index (κ2) is 4.08. The van der Waals surface area contributed by atoms with E-state index in [1.165, 1.54) is 22.3 Å². The number of aryl methyl sites for hydroxylation is 2. The molecule has 0 saturated heterocycles. The summed E-state index contributed by atoms with van der Waals surface area (Å²) in [5.41, 5.74) is 2.51. The number of rotatable bonds is 3. The molecule has 0 aliphatic heterocycles. The van der Waals surface area contributed by atoms with E-state index in [1.807, 2.05) is 6.07 Å². The van der Waals surface area contributed by atoms with Gasteiger partial charge in [-0.1, -0.05) is 0 Å². The molecular weight excluding hydrogens is 200 g/mol. The third-order valence-electron chi connectivity index (χ3n) is 3.00. The minimum absolute atomic E-state index is 0.907. The second-order valence-corrected chi connectivity index (χ2v) is 3.95. The topological polar surface area (TPSA) is 26.2 Å². The Bertz CT molecular complexity index is 514. The Morgan fingerprint density at radius 3 is 2.75 bits per heavy atom. The summed E-state index contributed by atoms with van der Waals surface area (Å²) >= 11 is 0. The van der Waals surface area contributed by atoms with E-state index < -0.39 is 0 Å². The highest BCUT2D eigenvalue weighted by molar-refractivity contribution is 5.90. The predicted molar refractivity (Wildman–Crippen MR) is 68.4 cm³/mol. The van der Waals surface area contributed by atoms with Gasteiger partial charge in [-0.2, -0.15) is 0 Å². The van der Waals surface area contributed by atoms with Gasteiger partial charge in [-0.25, -0.2) is 0 Å². The molecule has 2 aromatic rings. The van der Waals surface area contributed by atoms with Gasteiger partial charge in [0, 0.05) is 24.5 Å². The van der Waals surface area contributed by atoms with E-state index in [9.17, 15) is 0 Å². The monoisotopic (exact) mass is 218 g/mol. The highest BCUT2D eigenvalue weighted by Gasteiger charge is 2.11. The number of anilines is 1. The molecule has 0 unspecified atom stereocenters. The van der Waals surface area contributed by atoms with Crippen molar-refractivity contribution in [3.8, 4) is 5.75 Å². The van der Waals surface area contributed by atoms with E-state index in [0.29, 0.717) is 0 Å². The predicted octanol–water partition coefficient (Wildman–Crippen LogP) is 2.93. The summed E-state index contributed by atoms with van der Waals surface area (Å²) in [5.74, 6) is 2.09. The summed E-state index contributed by atoms with van der Waals surface area (Å²) < 4.78 is 7.44. The van der Waals surface area contributed by atoms with Gasteiger partial charge < -0.3 is 14.6 Å². The van der Waals surface area contributed by atoms with Crippen molar-refractivity contribution < 1.29 is 4.74 Å². The molecule has 0 aliphatic carbocycles. The molecule has 3 nitrogen and oxygen atoms in total. The first-order valence-electron chi connectivity index (χ1n) is 5.56. The van der Waals surface area contributed by atoms with Crippen LogP contribution in [0.2, 0.25) is 0 Å². The molecule has 0 radical (unpaired) electrons. The maximum Gasteiger partial charge on any atom is 0.119 e. The number of methoxy groups -OCH3 is 1. The third kappa shape index (κ3) is 1.52. The number of ether oxygens (including phenoxy) is 1. The summed E-state index contributed by atoms with van der Waals surface area (Å²) in [6.07, 6.45) is 0. The standard InChI is InChI=1S/C13H18N2O/c1-5-14-13-9(2)11-8-10(16-4)6-7-12(11)15(13)3/h6-8,14H,5H2,1-4H3. The Hall–Kier alpha value is -1.64. The molecule has 0 aliphatic rings. The molecule has 1 aromatic carbocycles. The maximum absolute atomic E-state index is 5.26. The van der Waals surface area contributed by atoms with Crippen LogP contribution in [0.25, 0.3) is 10.9 Å². The zero-order valence-corrected chi connectivity index (χ0v) is 10.3. The second-order valence-electron chi connectivity index (χ2n) is 3.95. The van der Waals surface area contributed by atoms with E-state index >= 15 is 0 Å². The summed E-state index contributed by atoms with van der Waals surface area (Å²) in [4.78, 5) is 0. The van der Waals surface area contributed by atoms with Crippen LogP contribution in [0.15, 0.2) is 18.2 Å². The molecule has 3 heteroatoms. The lowest BCUT2D eigenvalue weighted by molar-refractivity contribution is 0.415. The molecule has 16 heavy (non-hydrogen) atoms. The van der Waals surface area contributed by atoms with E-state index in [0.717, 1.165) is 12.3 Å². The van der Waals surface area contributed by atoms with Gasteiger partial charge in [0.05, 0.1) is 7.11 Å². The molecule has 2 rings (SSSR count). The van der Waals surface area contributed by atoms with Crippen LogP contribution in [-0.4, -0.2) is 18.2 Å². The van der Waals surface area contributed by atoms with Crippen molar-refractivity contribution in [1.29, 1.82) is 0 Å². The molecular formula is C13H18N2O. The van der Waals surface area contributed by atoms with Crippen molar-refractivity contribution >= 4 is 16.7 Å². The van der Waals surface area contributed by atoms with Crippen LogP contribution in [0.4, 0.5) is 5.82 Å². The Morgan fingerprint density at radius 2 is 2.12 bits per heavy atom. The molecule has 0 saturated carbocycles. The van der Waals surface area contributed by atoms with E-state index in [-0.39, 0.29) is 0 Å². The molecule has 1 N–H and O–H groups in total. The zero-order chi connectivity index (χ0) is 11.7. The Morgan fingerprint density at radius 1 is 1.38 bits per heavy atom. The van der Waals surface area contributed by atoms with Crippen molar-refractivity contribution in [1.82, 2.24) is 4.57 Å². The van der Waals surface area contributed by atoms with Crippen LogP contribution in [0.5, 0.6) is 5.75 Å². The molecule has 0 amide bonds. The van der Waals surface area contributed by atoms with Crippen LogP contribution < -0.4 is 10.1 Å². The highest BCUT2D eigenvalue weighted by Crippen LogP contribution is 2.31. The van der Waals surface area contributed by atoms with Gasteiger partial charge in [0.15, 0.2) is 0 Å². The van der Waals surface area contributed by atoms with Crippen LogP contribution in [0, 0.1) is 6.92 Å². The number of benzene rings is 1. The third-order valence-corrected chi connectivity index (χ3v) is 3.00. The van der Waals surface area contributed by atoms with Crippen molar-refractivity contribution in [2.75, 3.05) is 19.0 Å². The van der Waals surface area contributed by atoms with Crippen molar-refractivity contribution in [3.63, 3.8) is 0 Å². The lowest BCUT2D eigenvalue weighted by Crippen LogP contribution is -2.03. The molecule has 0 spiro atoms. The van der Waals surface area contributed by atoms with Gasteiger partial charge in [0.1, 0.15) is 11.6 Å². The summed E-state index contributed by atoms with van der Waals surface area (Å²) in [7, 11) is 3.78. The van der Waals surface area contributed by atoms with Gasteiger partial charge in [-0.05, 0) is 37.6 Å². The highest BCUT2D eigenvalue weighted by atomic mass is 16.5. The number of hydrogen-bond donors (Lipinski definition) is 1. The number of aromatic nitrogens is 1. The summed E-state index contributed by atoms with van der Waals surface area (Å²) in [5, 5.41) is 4.64. The molecule has 1 heterocycles. The van der Waals surface area contributed by atoms with Gasteiger partial charge in [-0.15, -0.1) is 0 Å². The quantitative estimate of drug-likeness (QED) is 0.857. The van der Waals surface area contributed by atoms with Crippen molar-refractivity contribution in [2.45, 2.75) is 13.8 Å². The average Bonchev–Trinajstić information content (AvgIpc) is 2.54. The van der Waals surface area contributed by atoms with E-state index in [1.54, 1.807) is 7.11 Å². The largest absolute Gasteiger partial charge is 0.497 e. The first-order valence-corrected chi connectivity index (χ1v) is 5.56. The molecule has 0 fully saturated rings. The lowest BCUT2D eigenvalue weighted by atomic mass is 10.2. The van der Waals surface area contributed by atoms with E-state index in [4.69, 9.17) is 4.74 Å². The number of hydrogen-bond acceptors (Lipinski definition) is 2. The minimum Gasteiger partial charge on any atom is -0.497 e. The first-order chi connectivity index (χ1) is 7.69. The number of nitrogens with one attached hydrogen (secondary N) is 1. The normalized spacial score (nSPS) is 10.8. The van der Waals surface area contributed by atoms with Gasteiger partial charge in [0.25, 0.3) is 0 Å². The van der Waals surface area contributed by atoms with Gasteiger partial charge in [0.2, 0.25) is 0 Å². The van der Waals surface area contributed by atoms with Crippen molar-refractivity contribution in [2.24, 2.45) is 7.05 Å². The first kappa shape index (κ1) is 10.9. The minimum atomic E-state index is 0.907. The van der Waals surface area contributed by atoms with Crippen LogP contribution in [0.1, 0.15) is 12.5 Å². The fourth-order valence-electron chi connectivity index (χ4n) is 2.15. The Kier molecular flexibility index (Phi) is 2.77. The van der Waals surface area contributed by atoms with Gasteiger partial charge >= 0.3 is 0 Å². The number of fused-ring (bicyclic) bond motifs is 1. The average molecular weight is 218 g/mol. The summed E-state index contributed by atoms with van der Waals surface area (Å²) in [6, 6.07) is 6.19. The molecule has 1 aromatic heterocycles. The Labute approximate surface area is 96.0 Å². The fourth-order valence-corrected chi connectivity index (χ4v) is 2.15.